The highest BCUT2D eigenvalue weighted by atomic mass is 15.3. The lowest BCUT2D eigenvalue weighted by molar-refractivity contribution is 0.289. The molecule has 7 nitrogen and oxygen atoms in total. The van der Waals surface area contributed by atoms with Gasteiger partial charge in [-0.05, 0) is 29.7 Å². The summed E-state index contributed by atoms with van der Waals surface area (Å²) in [6.45, 7) is 2.51. The second-order valence-corrected chi connectivity index (χ2v) is 5.77. The average molecular weight is 311 g/mol. The van der Waals surface area contributed by atoms with Crippen LogP contribution in [0.15, 0.2) is 30.6 Å². The Morgan fingerprint density at radius 1 is 1.17 bits per heavy atom. The van der Waals surface area contributed by atoms with Gasteiger partial charge in [0.05, 0.1) is 6.54 Å². The van der Waals surface area contributed by atoms with Gasteiger partial charge in [-0.15, -0.1) is 0 Å². The SMILES string of the molecule is CN(C)c1nc(N)nc(CN2CCC=C(c3ccncc3)C2)n1. The first-order valence-electron chi connectivity index (χ1n) is 7.61. The van der Waals surface area contributed by atoms with Crippen LogP contribution in [0.5, 0.6) is 0 Å². The smallest absolute Gasteiger partial charge is 0.229 e. The lowest BCUT2D eigenvalue weighted by Gasteiger charge is -2.27. The minimum Gasteiger partial charge on any atom is -0.368 e. The molecule has 0 bridgehead atoms. The molecule has 1 aliphatic rings. The molecular weight excluding hydrogens is 290 g/mol. The summed E-state index contributed by atoms with van der Waals surface area (Å²) in [6, 6.07) is 4.08. The van der Waals surface area contributed by atoms with Crippen molar-refractivity contribution in [2.75, 3.05) is 37.8 Å². The number of nitrogens with two attached hydrogens (primary N) is 1. The van der Waals surface area contributed by atoms with Crippen molar-refractivity contribution >= 4 is 17.5 Å². The summed E-state index contributed by atoms with van der Waals surface area (Å²) >= 11 is 0. The molecule has 3 rings (SSSR count). The van der Waals surface area contributed by atoms with Gasteiger partial charge in [0, 0.05) is 39.6 Å². The van der Waals surface area contributed by atoms with Gasteiger partial charge in [-0.3, -0.25) is 9.88 Å². The fourth-order valence-electron chi connectivity index (χ4n) is 2.61. The van der Waals surface area contributed by atoms with Gasteiger partial charge in [0.2, 0.25) is 11.9 Å². The second-order valence-electron chi connectivity index (χ2n) is 5.77. The van der Waals surface area contributed by atoms with E-state index in [4.69, 9.17) is 5.73 Å². The predicted molar refractivity (Wildman–Crippen MR) is 90.7 cm³/mol. The third kappa shape index (κ3) is 3.81. The Morgan fingerprint density at radius 3 is 2.70 bits per heavy atom. The topological polar surface area (TPSA) is 84.1 Å². The third-order valence-corrected chi connectivity index (χ3v) is 3.73. The number of hydrogen-bond acceptors (Lipinski definition) is 7. The van der Waals surface area contributed by atoms with Gasteiger partial charge in [0.25, 0.3) is 0 Å². The number of nitrogen functional groups attached to an aromatic ring is 1. The second kappa shape index (κ2) is 6.70. The van der Waals surface area contributed by atoms with E-state index in [0.29, 0.717) is 18.3 Å². The van der Waals surface area contributed by atoms with E-state index in [1.54, 1.807) is 0 Å². The highest BCUT2D eigenvalue weighted by Crippen LogP contribution is 2.21. The molecule has 1 aliphatic heterocycles. The summed E-state index contributed by atoms with van der Waals surface area (Å²) in [4.78, 5) is 21.1. The van der Waals surface area contributed by atoms with Crippen molar-refractivity contribution in [2.45, 2.75) is 13.0 Å². The van der Waals surface area contributed by atoms with Crippen LogP contribution in [0, 0.1) is 0 Å². The van der Waals surface area contributed by atoms with Gasteiger partial charge in [-0.25, -0.2) is 0 Å². The van der Waals surface area contributed by atoms with Gasteiger partial charge >= 0.3 is 0 Å². The van der Waals surface area contributed by atoms with E-state index in [-0.39, 0.29) is 5.95 Å². The van der Waals surface area contributed by atoms with E-state index in [1.807, 2.05) is 43.5 Å². The summed E-state index contributed by atoms with van der Waals surface area (Å²) in [7, 11) is 3.79. The van der Waals surface area contributed by atoms with Crippen molar-refractivity contribution in [2.24, 2.45) is 0 Å². The minimum atomic E-state index is 0.264. The summed E-state index contributed by atoms with van der Waals surface area (Å²) in [5.74, 6) is 1.56. The zero-order chi connectivity index (χ0) is 16.2. The first kappa shape index (κ1) is 15.4. The fourth-order valence-corrected chi connectivity index (χ4v) is 2.61. The van der Waals surface area contributed by atoms with Crippen molar-refractivity contribution in [3.05, 3.63) is 42.0 Å². The molecule has 3 heterocycles. The highest BCUT2D eigenvalue weighted by Gasteiger charge is 2.16. The Balaban J connectivity index is 1.73. The maximum atomic E-state index is 5.79. The summed E-state index contributed by atoms with van der Waals surface area (Å²) in [5.41, 5.74) is 8.32. The molecule has 0 amide bonds. The summed E-state index contributed by atoms with van der Waals surface area (Å²) < 4.78 is 0. The Morgan fingerprint density at radius 2 is 1.96 bits per heavy atom. The number of hydrogen-bond donors (Lipinski definition) is 1. The molecule has 0 saturated carbocycles. The summed E-state index contributed by atoms with van der Waals surface area (Å²) in [6.07, 6.45) is 6.95. The molecule has 0 saturated heterocycles. The lowest BCUT2D eigenvalue weighted by atomic mass is 10.0. The Bertz CT molecular complexity index is 697. The molecule has 120 valence electrons. The lowest BCUT2D eigenvalue weighted by Crippen LogP contribution is -2.30. The molecule has 2 aromatic rings. The van der Waals surface area contributed by atoms with Crippen LogP contribution in [0.1, 0.15) is 17.8 Å². The molecule has 7 heteroatoms. The van der Waals surface area contributed by atoms with Crippen molar-refractivity contribution in [3.63, 3.8) is 0 Å². The molecule has 0 aliphatic carbocycles. The number of pyridine rings is 1. The van der Waals surface area contributed by atoms with Gasteiger partial charge < -0.3 is 10.6 Å². The quantitative estimate of drug-likeness (QED) is 0.908. The standard InChI is InChI=1S/C16H21N7/c1-22(2)16-20-14(19-15(17)21-16)11-23-9-3-4-13(10-23)12-5-7-18-8-6-12/h4-8H,3,9-11H2,1-2H3,(H2,17,19,20,21). The van der Waals surface area contributed by atoms with Crippen molar-refractivity contribution in [1.29, 1.82) is 0 Å². The molecule has 0 spiro atoms. The van der Waals surface area contributed by atoms with Crippen LogP contribution in [0.25, 0.3) is 5.57 Å². The molecule has 0 aromatic carbocycles. The molecule has 2 N–H and O–H groups in total. The van der Waals surface area contributed by atoms with Crippen molar-refractivity contribution in [3.8, 4) is 0 Å². The van der Waals surface area contributed by atoms with Crippen LogP contribution < -0.4 is 10.6 Å². The molecule has 0 radical (unpaired) electrons. The minimum absolute atomic E-state index is 0.264. The molecule has 0 fully saturated rings. The number of nitrogens with zero attached hydrogens (tertiary/aromatic N) is 6. The van der Waals surface area contributed by atoms with Crippen LogP contribution in [0.3, 0.4) is 0 Å². The predicted octanol–water partition coefficient (Wildman–Crippen LogP) is 1.20. The number of anilines is 2. The normalized spacial score (nSPS) is 15.3. The summed E-state index contributed by atoms with van der Waals surface area (Å²) in [5, 5.41) is 0. The molecular formula is C16H21N7. The van der Waals surface area contributed by atoms with Gasteiger partial charge in [-0.1, -0.05) is 6.08 Å². The third-order valence-electron chi connectivity index (χ3n) is 3.73. The molecule has 23 heavy (non-hydrogen) atoms. The maximum absolute atomic E-state index is 5.79. The van der Waals surface area contributed by atoms with E-state index in [2.05, 4.69) is 30.9 Å². The average Bonchev–Trinajstić information content (AvgIpc) is 2.55. The largest absolute Gasteiger partial charge is 0.368 e. The Hall–Kier alpha value is -2.54. The van der Waals surface area contributed by atoms with Crippen LogP contribution in [0.4, 0.5) is 11.9 Å². The van der Waals surface area contributed by atoms with Gasteiger partial charge in [0.1, 0.15) is 5.82 Å². The van der Waals surface area contributed by atoms with Crippen molar-refractivity contribution in [1.82, 2.24) is 24.8 Å². The van der Waals surface area contributed by atoms with Crippen LogP contribution in [-0.4, -0.2) is 52.0 Å². The zero-order valence-corrected chi connectivity index (χ0v) is 13.5. The van der Waals surface area contributed by atoms with Crippen LogP contribution >= 0.6 is 0 Å². The van der Waals surface area contributed by atoms with E-state index in [1.165, 1.54) is 11.1 Å². The highest BCUT2D eigenvalue weighted by molar-refractivity contribution is 5.67. The van der Waals surface area contributed by atoms with Gasteiger partial charge in [-0.2, -0.15) is 15.0 Å². The van der Waals surface area contributed by atoms with E-state index < -0.39 is 0 Å². The molecule has 2 aromatic heterocycles. The molecule has 0 unspecified atom stereocenters. The molecule has 0 atom stereocenters. The fraction of sp³-hybridized carbons (Fsp3) is 0.375. The van der Waals surface area contributed by atoms with E-state index in [9.17, 15) is 0 Å². The Labute approximate surface area is 135 Å². The Kier molecular flexibility index (Phi) is 4.47. The van der Waals surface area contributed by atoms with Crippen LogP contribution in [0.2, 0.25) is 0 Å². The van der Waals surface area contributed by atoms with E-state index in [0.717, 1.165) is 19.5 Å². The number of rotatable bonds is 4. The van der Waals surface area contributed by atoms with Gasteiger partial charge in [0.15, 0.2) is 0 Å². The first-order valence-corrected chi connectivity index (χ1v) is 7.61. The maximum Gasteiger partial charge on any atom is 0.229 e. The monoisotopic (exact) mass is 311 g/mol. The van der Waals surface area contributed by atoms with Crippen LogP contribution in [-0.2, 0) is 6.54 Å². The first-order chi connectivity index (χ1) is 11.1. The van der Waals surface area contributed by atoms with E-state index >= 15 is 0 Å². The van der Waals surface area contributed by atoms with Crippen molar-refractivity contribution < 1.29 is 0 Å². The zero-order valence-electron chi connectivity index (χ0n) is 13.5. The number of aromatic nitrogens is 4.